The van der Waals surface area contributed by atoms with Gasteiger partial charge in [0.25, 0.3) is 0 Å². The number of allylic oxidation sites excluding steroid dienone is 1. The predicted octanol–water partition coefficient (Wildman–Crippen LogP) is 4.57. The quantitative estimate of drug-likeness (QED) is 0.481. The first-order chi connectivity index (χ1) is 6.39. The number of rotatable bonds is 5. The van der Waals surface area contributed by atoms with Crippen molar-refractivity contribution in [1.29, 1.82) is 0 Å². The second-order valence-corrected chi connectivity index (χ2v) is 9.75. The molecule has 0 aliphatic rings. The Morgan fingerprint density at radius 3 is 1.71 bits per heavy atom. The standard InChI is InChI=1S/C12H26OSi/c1-7-14(8-2,9-3)13-11-10-12(4,5)6/h10-11H,7-9H2,1-6H3/b11-10+. The summed E-state index contributed by atoms with van der Waals surface area (Å²) >= 11 is 0. The molecule has 0 N–H and O–H groups in total. The van der Waals surface area contributed by atoms with Crippen LogP contribution in [0.1, 0.15) is 41.5 Å². The summed E-state index contributed by atoms with van der Waals surface area (Å²) in [6, 6.07) is 3.65. The summed E-state index contributed by atoms with van der Waals surface area (Å²) in [5.41, 5.74) is 0.232. The van der Waals surface area contributed by atoms with E-state index in [1.54, 1.807) is 0 Å². The average Bonchev–Trinajstić information content (AvgIpc) is 2.11. The smallest absolute Gasteiger partial charge is 0.249 e. The van der Waals surface area contributed by atoms with E-state index in [1.165, 1.54) is 18.1 Å². The molecule has 0 spiro atoms. The fraction of sp³-hybridized carbons (Fsp3) is 0.833. The van der Waals surface area contributed by atoms with Gasteiger partial charge in [-0.25, -0.2) is 0 Å². The Morgan fingerprint density at radius 2 is 1.43 bits per heavy atom. The molecule has 84 valence electrons. The molecule has 1 nitrogen and oxygen atoms in total. The van der Waals surface area contributed by atoms with Gasteiger partial charge in [-0.15, -0.1) is 0 Å². The lowest BCUT2D eigenvalue weighted by atomic mass is 9.98. The monoisotopic (exact) mass is 214 g/mol. The third-order valence-corrected chi connectivity index (χ3v) is 7.32. The van der Waals surface area contributed by atoms with Gasteiger partial charge in [-0.2, -0.15) is 0 Å². The zero-order valence-electron chi connectivity index (χ0n) is 10.7. The summed E-state index contributed by atoms with van der Waals surface area (Å²) < 4.78 is 6.01. The molecule has 0 saturated heterocycles. The topological polar surface area (TPSA) is 9.23 Å². The van der Waals surface area contributed by atoms with Crippen LogP contribution in [0.5, 0.6) is 0 Å². The maximum absolute atomic E-state index is 6.01. The Hall–Kier alpha value is -0.243. The van der Waals surface area contributed by atoms with E-state index < -0.39 is 8.32 Å². The molecule has 14 heavy (non-hydrogen) atoms. The van der Waals surface area contributed by atoms with Crippen molar-refractivity contribution < 1.29 is 4.43 Å². The van der Waals surface area contributed by atoms with Crippen LogP contribution in [0.2, 0.25) is 18.1 Å². The number of hydrogen-bond acceptors (Lipinski definition) is 1. The van der Waals surface area contributed by atoms with E-state index in [2.05, 4.69) is 47.6 Å². The number of hydrogen-bond donors (Lipinski definition) is 0. The molecule has 0 aromatic heterocycles. The first-order valence-corrected chi connectivity index (χ1v) is 8.27. The molecule has 0 radical (unpaired) electrons. The van der Waals surface area contributed by atoms with Crippen LogP contribution >= 0.6 is 0 Å². The molecule has 0 fully saturated rings. The molecule has 0 saturated carbocycles. The molecule has 2 heteroatoms. The Balaban J connectivity index is 4.26. The highest BCUT2D eigenvalue weighted by molar-refractivity contribution is 6.73. The lowest BCUT2D eigenvalue weighted by Gasteiger charge is -2.27. The minimum Gasteiger partial charge on any atom is -0.549 e. The Bertz CT molecular complexity index is 167. The molecule has 0 aromatic carbocycles. The van der Waals surface area contributed by atoms with Crippen LogP contribution in [0.15, 0.2) is 12.3 Å². The van der Waals surface area contributed by atoms with Gasteiger partial charge in [-0.3, -0.25) is 0 Å². The Kier molecular flexibility index (Phi) is 5.50. The summed E-state index contributed by atoms with van der Waals surface area (Å²) in [5.74, 6) is 0. The van der Waals surface area contributed by atoms with Crippen molar-refractivity contribution >= 4 is 8.32 Å². The summed E-state index contributed by atoms with van der Waals surface area (Å²) in [4.78, 5) is 0. The van der Waals surface area contributed by atoms with Crippen LogP contribution in [-0.2, 0) is 4.43 Å². The van der Waals surface area contributed by atoms with Crippen LogP contribution in [0, 0.1) is 5.41 Å². The van der Waals surface area contributed by atoms with Gasteiger partial charge in [-0.1, -0.05) is 41.5 Å². The summed E-state index contributed by atoms with van der Waals surface area (Å²) in [6.45, 7) is 13.3. The molecular formula is C12H26OSi. The van der Waals surface area contributed by atoms with E-state index in [4.69, 9.17) is 4.43 Å². The van der Waals surface area contributed by atoms with Crippen molar-refractivity contribution in [3.63, 3.8) is 0 Å². The van der Waals surface area contributed by atoms with Crippen LogP contribution in [0.25, 0.3) is 0 Å². The SMILES string of the molecule is CC[Si](CC)(CC)O/C=C/C(C)(C)C. The summed E-state index contributed by atoms with van der Waals surface area (Å²) in [5, 5.41) is 0. The largest absolute Gasteiger partial charge is 0.549 e. The molecule has 0 unspecified atom stereocenters. The third-order valence-electron chi connectivity index (χ3n) is 2.82. The van der Waals surface area contributed by atoms with Gasteiger partial charge < -0.3 is 4.43 Å². The molecule has 0 aromatic rings. The van der Waals surface area contributed by atoms with E-state index in [1.807, 2.05) is 6.26 Å². The molecule has 0 aliphatic carbocycles. The van der Waals surface area contributed by atoms with Crippen molar-refractivity contribution in [3.8, 4) is 0 Å². The fourth-order valence-corrected chi connectivity index (χ4v) is 3.74. The molecular weight excluding hydrogens is 188 g/mol. The lowest BCUT2D eigenvalue weighted by molar-refractivity contribution is 0.437. The van der Waals surface area contributed by atoms with Gasteiger partial charge in [-0.05, 0) is 29.6 Å². The molecule has 0 amide bonds. The van der Waals surface area contributed by atoms with Gasteiger partial charge in [0.15, 0.2) is 0 Å². The molecule has 0 rings (SSSR count). The zero-order chi connectivity index (χ0) is 11.2. The zero-order valence-corrected chi connectivity index (χ0v) is 11.7. The maximum atomic E-state index is 6.01. The molecule has 0 bridgehead atoms. The van der Waals surface area contributed by atoms with Crippen molar-refractivity contribution in [2.45, 2.75) is 59.7 Å². The van der Waals surface area contributed by atoms with Crippen molar-refractivity contribution in [2.24, 2.45) is 5.41 Å². The molecule has 0 aliphatic heterocycles. The van der Waals surface area contributed by atoms with Crippen LogP contribution in [0.3, 0.4) is 0 Å². The molecule has 0 atom stereocenters. The second-order valence-electron chi connectivity index (χ2n) is 5.03. The first kappa shape index (κ1) is 13.8. The minimum absolute atomic E-state index is 0.232. The fourth-order valence-electron chi connectivity index (χ4n) is 1.38. The highest BCUT2D eigenvalue weighted by Gasteiger charge is 2.29. The van der Waals surface area contributed by atoms with Gasteiger partial charge in [0.05, 0.1) is 6.26 Å². The summed E-state index contributed by atoms with van der Waals surface area (Å²) in [6.07, 6.45) is 4.11. The van der Waals surface area contributed by atoms with Crippen LogP contribution in [0.4, 0.5) is 0 Å². The van der Waals surface area contributed by atoms with Crippen molar-refractivity contribution in [1.82, 2.24) is 0 Å². The van der Waals surface area contributed by atoms with Crippen LogP contribution < -0.4 is 0 Å². The maximum Gasteiger partial charge on any atom is 0.249 e. The molecule has 0 heterocycles. The van der Waals surface area contributed by atoms with E-state index in [-0.39, 0.29) is 5.41 Å². The van der Waals surface area contributed by atoms with E-state index >= 15 is 0 Å². The highest BCUT2D eigenvalue weighted by Crippen LogP contribution is 2.23. The van der Waals surface area contributed by atoms with Gasteiger partial charge >= 0.3 is 0 Å². The Labute approximate surface area is 90.7 Å². The van der Waals surface area contributed by atoms with E-state index in [9.17, 15) is 0 Å². The normalized spacial score (nSPS) is 13.6. The van der Waals surface area contributed by atoms with E-state index in [0.717, 1.165) is 0 Å². The first-order valence-electron chi connectivity index (χ1n) is 5.74. The second kappa shape index (κ2) is 5.59. The van der Waals surface area contributed by atoms with Crippen molar-refractivity contribution in [3.05, 3.63) is 12.3 Å². The lowest BCUT2D eigenvalue weighted by Crippen LogP contribution is -2.33. The van der Waals surface area contributed by atoms with Gasteiger partial charge in [0.1, 0.15) is 0 Å². The van der Waals surface area contributed by atoms with E-state index in [0.29, 0.717) is 0 Å². The van der Waals surface area contributed by atoms with Crippen LogP contribution in [-0.4, -0.2) is 8.32 Å². The Morgan fingerprint density at radius 1 is 1.00 bits per heavy atom. The average molecular weight is 214 g/mol. The summed E-state index contributed by atoms with van der Waals surface area (Å²) in [7, 11) is -1.40. The van der Waals surface area contributed by atoms with Gasteiger partial charge in [0, 0.05) is 0 Å². The predicted molar refractivity (Wildman–Crippen MR) is 66.9 cm³/mol. The van der Waals surface area contributed by atoms with Gasteiger partial charge in [0.2, 0.25) is 8.32 Å². The highest BCUT2D eigenvalue weighted by atomic mass is 28.4. The minimum atomic E-state index is -1.40. The van der Waals surface area contributed by atoms with Crippen molar-refractivity contribution in [2.75, 3.05) is 0 Å². The third kappa shape index (κ3) is 4.84.